The number of hydrogen-bond donors (Lipinski definition) is 1. The first-order valence-corrected chi connectivity index (χ1v) is 6.86. The van der Waals surface area contributed by atoms with Gasteiger partial charge < -0.3 is 9.67 Å². The number of benzene rings is 1. The van der Waals surface area contributed by atoms with Crippen LogP contribution in [0.2, 0.25) is 0 Å². The number of nitrogens with zero attached hydrogens (tertiary/aromatic N) is 2. The number of aromatic nitrogens is 2. The number of aryl methyl sites for hydroxylation is 2. The first-order chi connectivity index (χ1) is 10.2. The summed E-state index contributed by atoms with van der Waals surface area (Å²) in [6.07, 6.45) is 6.25. The minimum atomic E-state index is -0.770. The lowest BCUT2D eigenvalue weighted by atomic mass is 9.98. The molecule has 2 aromatic heterocycles. The highest BCUT2D eigenvalue weighted by Gasteiger charge is 2.13. The molecule has 1 aromatic carbocycles. The van der Waals surface area contributed by atoms with Crippen molar-refractivity contribution < 1.29 is 9.90 Å². The van der Waals surface area contributed by atoms with Gasteiger partial charge in [-0.05, 0) is 41.3 Å². The topological polar surface area (TPSA) is 55.1 Å². The van der Waals surface area contributed by atoms with Crippen LogP contribution in [0.3, 0.4) is 0 Å². The van der Waals surface area contributed by atoms with Crippen LogP contribution < -0.4 is 0 Å². The predicted octanol–water partition coefficient (Wildman–Crippen LogP) is 3.26. The molecule has 1 N–H and O–H groups in total. The van der Waals surface area contributed by atoms with Crippen molar-refractivity contribution in [3.63, 3.8) is 0 Å². The predicted molar refractivity (Wildman–Crippen MR) is 82.1 cm³/mol. The van der Waals surface area contributed by atoms with E-state index >= 15 is 0 Å². The fourth-order valence-corrected chi connectivity index (χ4v) is 2.74. The lowest BCUT2D eigenvalue weighted by Crippen LogP contribution is -1.97. The van der Waals surface area contributed by atoms with Crippen molar-refractivity contribution in [1.29, 1.82) is 0 Å². The summed E-state index contributed by atoms with van der Waals surface area (Å²) in [5, 5.41) is 10.1. The van der Waals surface area contributed by atoms with Crippen LogP contribution in [0.4, 0.5) is 0 Å². The van der Waals surface area contributed by atoms with Crippen LogP contribution in [-0.2, 0) is 18.3 Å². The van der Waals surface area contributed by atoms with E-state index in [1.807, 2.05) is 31.4 Å². The van der Waals surface area contributed by atoms with Crippen LogP contribution >= 0.6 is 0 Å². The molecule has 0 aliphatic rings. The van der Waals surface area contributed by atoms with E-state index in [4.69, 9.17) is 5.11 Å². The first-order valence-electron chi connectivity index (χ1n) is 6.86. The number of carboxylic acids is 1. The van der Waals surface area contributed by atoms with Gasteiger partial charge in [0.1, 0.15) is 0 Å². The second-order valence-corrected chi connectivity index (χ2v) is 5.09. The molecule has 0 radical (unpaired) electrons. The lowest BCUT2D eigenvalue weighted by molar-refractivity contribution is -0.136. The standard InChI is InChI=1S/C17H16N2O2/c1-19-11-13(5-6-16(20)21)17-14(3-2-4-15(17)19)12-7-9-18-10-8-12/h2-4,7-11H,5-6H2,1H3,(H,20,21). The number of carboxylic acid groups (broad SMARTS) is 1. The van der Waals surface area contributed by atoms with Gasteiger partial charge in [0.2, 0.25) is 0 Å². The molecule has 4 nitrogen and oxygen atoms in total. The van der Waals surface area contributed by atoms with Crippen molar-refractivity contribution in [1.82, 2.24) is 9.55 Å². The third-order valence-corrected chi connectivity index (χ3v) is 3.69. The third-order valence-electron chi connectivity index (χ3n) is 3.69. The Labute approximate surface area is 122 Å². The van der Waals surface area contributed by atoms with Crippen LogP contribution in [0.1, 0.15) is 12.0 Å². The minimum Gasteiger partial charge on any atom is -0.481 e. The summed E-state index contributed by atoms with van der Waals surface area (Å²) in [5.41, 5.74) is 4.40. The van der Waals surface area contributed by atoms with Crippen molar-refractivity contribution in [3.05, 3.63) is 54.5 Å². The molecule has 3 rings (SSSR count). The van der Waals surface area contributed by atoms with Gasteiger partial charge in [0.25, 0.3) is 0 Å². The monoisotopic (exact) mass is 280 g/mol. The Hall–Kier alpha value is -2.62. The molecule has 4 heteroatoms. The first kappa shape index (κ1) is 13.4. The maximum Gasteiger partial charge on any atom is 0.303 e. The van der Waals surface area contributed by atoms with Crippen molar-refractivity contribution in [2.45, 2.75) is 12.8 Å². The summed E-state index contributed by atoms with van der Waals surface area (Å²) in [6, 6.07) is 10.1. The van der Waals surface area contributed by atoms with Crippen molar-refractivity contribution in [2.24, 2.45) is 7.05 Å². The number of aliphatic carboxylic acids is 1. The molecule has 106 valence electrons. The SMILES string of the molecule is Cn1cc(CCC(=O)O)c2c(-c3ccncc3)cccc21. The van der Waals surface area contributed by atoms with E-state index in [0.29, 0.717) is 6.42 Å². The molecule has 0 aliphatic carbocycles. The van der Waals surface area contributed by atoms with E-state index in [1.165, 1.54) is 0 Å². The summed E-state index contributed by atoms with van der Waals surface area (Å²) in [4.78, 5) is 14.9. The Morgan fingerprint density at radius 1 is 1.24 bits per heavy atom. The molecule has 0 saturated heterocycles. The highest BCUT2D eigenvalue weighted by molar-refractivity contribution is 5.98. The maximum atomic E-state index is 10.9. The Bertz CT molecular complexity index is 791. The fraction of sp³-hybridized carbons (Fsp3) is 0.176. The average molecular weight is 280 g/mol. The summed E-state index contributed by atoms with van der Waals surface area (Å²) in [5.74, 6) is -0.770. The number of pyridine rings is 1. The second kappa shape index (κ2) is 5.40. The molecule has 0 saturated carbocycles. The maximum absolute atomic E-state index is 10.9. The van der Waals surface area contributed by atoms with Crippen LogP contribution in [0.15, 0.2) is 48.9 Å². The van der Waals surface area contributed by atoms with E-state index in [2.05, 4.69) is 21.7 Å². The average Bonchev–Trinajstić information content (AvgIpc) is 2.83. The molecule has 0 aliphatic heterocycles. The molecular formula is C17H16N2O2. The molecule has 2 heterocycles. The van der Waals surface area contributed by atoms with Crippen molar-refractivity contribution >= 4 is 16.9 Å². The van der Waals surface area contributed by atoms with Gasteiger partial charge in [-0.25, -0.2) is 0 Å². The van der Waals surface area contributed by atoms with E-state index in [1.54, 1.807) is 12.4 Å². The number of carbonyl (C=O) groups is 1. The molecule has 0 unspecified atom stereocenters. The lowest BCUT2D eigenvalue weighted by Gasteiger charge is -2.06. The van der Waals surface area contributed by atoms with Crippen molar-refractivity contribution in [2.75, 3.05) is 0 Å². The highest BCUT2D eigenvalue weighted by Crippen LogP contribution is 2.32. The number of fused-ring (bicyclic) bond motifs is 1. The Balaban J connectivity index is 2.18. The molecule has 0 amide bonds. The Kier molecular flexibility index (Phi) is 3.44. The van der Waals surface area contributed by atoms with Gasteiger partial charge in [-0.2, -0.15) is 0 Å². The highest BCUT2D eigenvalue weighted by atomic mass is 16.4. The van der Waals surface area contributed by atoms with E-state index in [9.17, 15) is 4.79 Å². The summed E-state index contributed by atoms with van der Waals surface area (Å²) < 4.78 is 2.05. The molecule has 0 bridgehead atoms. The fourth-order valence-electron chi connectivity index (χ4n) is 2.74. The zero-order valence-electron chi connectivity index (χ0n) is 11.8. The second-order valence-electron chi connectivity index (χ2n) is 5.09. The Morgan fingerprint density at radius 2 is 2.00 bits per heavy atom. The molecule has 0 spiro atoms. The van der Waals surface area contributed by atoms with Crippen LogP contribution in [0.5, 0.6) is 0 Å². The van der Waals surface area contributed by atoms with Crippen LogP contribution in [0.25, 0.3) is 22.0 Å². The van der Waals surface area contributed by atoms with Gasteiger partial charge in [0.05, 0.1) is 0 Å². The van der Waals surface area contributed by atoms with Gasteiger partial charge in [0, 0.05) is 43.0 Å². The smallest absolute Gasteiger partial charge is 0.303 e. The molecule has 0 atom stereocenters. The van der Waals surface area contributed by atoms with Crippen LogP contribution in [0, 0.1) is 0 Å². The normalized spacial score (nSPS) is 10.9. The minimum absolute atomic E-state index is 0.143. The third kappa shape index (κ3) is 2.52. The van der Waals surface area contributed by atoms with Gasteiger partial charge in [-0.15, -0.1) is 0 Å². The summed E-state index contributed by atoms with van der Waals surface area (Å²) in [6.45, 7) is 0. The van der Waals surface area contributed by atoms with E-state index < -0.39 is 5.97 Å². The van der Waals surface area contributed by atoms with Crippen molar-refractivity contribution in [3.8, 4) is 11.1 Å². The van der Waals surface area contributed by atoms with Crippen LogP contribution in [-0.4, -0.2) is 20.6 Å². The van der Waals surface area contributed by atoms with Gasteiger partial charge in [-0.1, -0.05) is 12.1 Å². The molecule has 0 fully saturated rings. The van der Waals surface area contributed by atoms with Gasteiger partial charge >= 0.3 is 5.97 Å². The number of hydrogen-bond acceptors (Lipinski definition) is 2. The molecule has 21 heavy (non-hydrogen) atoms. The zero-order chi connectivity index (χ0) is 14.8. The molecule has 3 aromatic rings. The number of rotatable bonds is 4. The zero-order valence-corrected chi connectivity index (χ0v) is 11.8. The summed E-state index contributed by atoms with van der Waals surface area (Å²) >= 11 is 0. The van der Waals surface area contributed by atoms with E-state index in [-0.39, 0.29) is 6.42 Å². The Morgan fingerprint density at radius 3 is 2.71 bits per heavy atom. The van der Waals surface area contributed by atoms with E-state index in [0.717, 1.165) is 27.6 Å². The largest absolute Gasteiger partial charge is 0.481 e. The van der Waals surface area contributed by atoms with Gasteiger partial charge in [-0.3, -0.25) is 9.78 Å². The quantitative estimate of drug-likeness (QED) is 0.798. The summed E-state index contributed by atoms with van der Waals surface area (Å²) in [7, 11) is 1.99. The van der Waals surface area contributed by atoms with Gasteiger partial charge in [0.15, 0.2) is 0 Å². The molecular weight excluding hydrogens is 264 g/mol.